The van der Waals surface area contributed by atoms with E-state index < -0.39 is 0 Å². The highest BCUT2D eigenvalue weighted by Gasteiger charge is 2.30. The Morgan fingerprint density at radius 2 is 1.96 bits per heavy atom. The number of aromatic amines is 1. The smallest absolute Gasteiger partial charge is 0.240 e. The van der Waals surface area contributed by atoms with Crippen LogP contribution in [0.25, 0.3) is 11.4 Å². The Labute approximate surface area is 158 Å². The zero-order valence-electron chi connectivity index (χ0n) is 14.9. The second-order valence-electron chi connectivity index (χ2n) is 6.85. The molecule has 0 aliphatic carbocycles. The molecule has 2 aliphatic rings. The predicted octanol–water partition coefficient (Wildman–Crippen LogP) is 2.34. The van der Waals surface area contributed by atoms with E-state index in [1.165, 1.54) is 0 Å². The van der Waals surface area contributed by atoms with E-state index in [2.05, 4.69) is 9.88 Å². The summed E-state index contributed by atoms with van der Waals surface area (Å²) in [4.78, 5) is 25.2. The third kappa shape index (κ3) is 3.49. The first-order chi connectivity index (χ1) is 12.6. The highest BCUT2D eigenvalue weighted by molar-refractivity contribution is 6.30. The standard InChI is InChI=1S/C19H23ClN4O2/c1-13(23-8-10-26-11-9-23)19(25)24-7-6-16-17(12-24)22-18(21-16)14-2-4-15(20)5-3-14/h2-5,13H,6-12H2,1H3,(H,21,22). The third-order valence-corrected chi connectivity index (χ3v) is 5.46. The molecule has 2 aromatic rings. The molecular weight excluding hydrogens is 352 g/mol. The summed E-state index contributed by atoms with van der Waals surface area (Å²) >= 11 is 5.96. The van der Waals surface area contributed by atoms with Crippen molar-refractivity contribution >= 4 is 17.5 Å². The van der Waals surface area contributed by atoms with Crippen molar-refractivity contribution in [2.45, 2.75) is 25.9 Å². The van der Waals surface area contributed by atoms with Crippen LogP contribution in [-0.4, -0.2) is 64.6 Å². The summed E-state index contributed by atoms with van der Waals surface area (Å²) in [6.07, 6.45) is 0.779. The maximum absolute atomic E-state index is 12.9. The largest absolute Gasteiger partial charge is 0.379 e. The highest BCUT2D eigenvalue weighted by atomic mass is 35.5. The molecule has 3 heterocycles. The average molecular weight is 375 g/mol. The minimum absolute atomic E-state index is 0.112. The van der Waals surface area contributed by atoms with E-state index in [0.717, 1.165) is 42.3 Å². The van der Waals surface area contributed by atoms with Crippen LogP contribution in [0.2, 0.25) is 5.02 Å². The number of rotatable bonds is 3. The summed E-state index contributed by atoms with van der Waals surface area (Å²) in [7, 11) is 0. The van der Waals surface area contributed by atoms with Gasteiger partial charge in [-0.2, -0.15) is 0 Å². The molecule has 1 fully saturated rings. The molecule has 0 radical (unpaired) electrons. The number of aromatic nitrogens is 2. The fourth-order valence-corrected chi connectivity index (χ4v) is 3.74. The molecule has 1 saturated heterocycles. The number of hydrogen-bond donors (Lipinski definition) is 1. The van der Waals surface area contributed by atoms with Gasteiger partial charge >= 0.3 is 0 Å². The number of carbonyl (C=O) groups excluding carboxylic acids is 1. The normalized spacial score (nSPS) is 19.2. The molecule has 2 aliphatic heterocycles. The molecule has 0 spiro atoms. The lowest BCUT2D eigenvalue weighted by Gasteiger charge is -2.35. The number of nitrogens with one attached hydrogen (secondary N) is 1. The van der Waals surface area contributed by atoms with Crippen molar-refractivity contribution in [1.82, 2.24) is 19.8 Å². The van der Waals surface area contributed by atoms with E-state index in [1.54, 1.807) is 0 Å². The lowest BCUT2D eigenvalue weighted by atomic mass is 10.1. The van der Waals surface area contributed by atoms with Gasteiger partial charge in [-0.05, 0) is 31.2 Å². The van der Waals surface area contributed by atoms with Crippen LogP contribution in [0.3, 0.4) is 0 Å². The summed E-state index contributed by atoms with van der Waals surface area (Å²) in [5, 5.41) is 0.707. The number of H-pyrrole nitrogens is 1. The quantitative estimate of drug-likeness (QED) is 0.895. The van der Waals surface area contributed by atoms with Crippen molar-refractivity contribution in [3.05, 3.63) is 40.7 Å². The van der Waals surface area contributed by atoms with E-state index in [4.69, 9.17) is 21.3 Å². The topological polar surface area (TPSA) is 61.5 Å². The molecule has 0 saturated carbocycles. The number of amides is 1. The van der Waals surface area contributed by atoms with Crippen molar-refractivity contribution in [2.75, 3.05) is 32.8 Å². The number of halogens is 1. The molecule has 4 rings (SSSR count). The molecular formula is C19H23ClN4O2. The summed E-state index contributed by atoms with van der Waals surface area (Å²) in [5.74, 6) is 1.02. The lowest BCUT2D eigenvalue weighted by Crippen LogP contribution is -2.51. The van der Waals surface area contributed by atoms with Crippen LogP contribution >= 0.6 is 11.6 Å². The maximum Gasteiger partial charge on any atom is 0.240 e. The van der Waals surface area contributed by atoms with Crippen LogP contribution in [0.5, 0.6) is 0 Å². The van der Waals surface area contributed by atoms with Crippen LogP contribution in [-0.2, 0) is 22.5 Å². The first-order valence-corrected chi connectivity index (χ1v) is 9.44. The van der Waals surface area contributed by atoms with Crippen LogP contribution in [0.15, 0.2) is 24.3 Å². The second kappa shape index (κ2) is 7.39. The molecule has 1 aromatic carbocycles. The molecule has 6 nitrogen and oxygen atoms in total. The monoisotopic (exact) mass is 374 g/mol. The first-order valence-electron chi connectivity index (χ1n) is 9.06. The second-order valence-corrected chi connectivity index (χ2v) is 7.29. The Morgan fingerprint density at radius 3 is 2.69 bits per heavy atom. The van der Waals surface area contributed by atoms with Gasteiger partial charge < -0.3 is 14.6 Å². The maximum atomic E-state index is 12.9. The fraction of sp³-hybridized carbons (Fsp3) is 0.474. The van der Waals surface area contributed by atoms with Gasteiger partial charge in [0.05, 0.1) is 37.2 Å². The molecule has 138 valence electrons. The van der Waals surface area contributed by atoms with Crippen molar-refractivity contribution in [3.63, 3.8) is 0 Å². The number of fused-ring (bicyclic) bond motifs is 1. The zero-order valence-corrected chi connectivity index (χ0v) is 15.6. The molecule has 1 N–H and O–H groups in total. The third-order valence-electron chi connectivity index (χ3n) is 5.21. The first kappa shape index (κ1) is 17.5. The fourth-order valence-electron chi connectivity index (χ4n) is 3.61. The molecule has 0 bridgehead atoms. The Kier molecular flexibility index (Phi) is 4.98. The highest BCUT2D eigenvalue weighted by Crippen LogP contribution is 2.24. The zero-order chi connectivity index (χ0) is 18.1. The number of nitrogens with zero attached hydrogens (tertiary/aromatic N) is 3. The summed E-state index contributed by atoms with van der Waals surface area (Å²) in [6.45, 7) is 6.33. The average Bonchev–Trinajstić information content (AvgIpc) is 3.11. The molecule has 7 heteroatoms. The van der Waals surface area contributed by atoms with Crippen LogP contribution < -0.4 is 0 Å². The van der Waals surface area contributed by atoms with Gasteiger partial charge in [0.1, 0.15) is 5.82 Å². The number of morpholine rings is 1. The minimum Gasteiger partial charge on any atom is -0.379 e. The SMILES string of the molecule is CC(C(=O)N1CCc2nc(-c3ccc(Cl)cc3)[nH]c2C1)N1CCOCC1. The lowest BCUT2D eigenvalue weighted by molar-refractivity contribution is -0.139. The number of ether oxygens (including phenoxy) is 1. The van der Waals surface area contributed by atoms with E-state index >= 15 is 0 Å². The van der Waals surface area contributed by atoms with Gasteiger partial charge in [0, 0.05) is 36.6 Å². The van der Waals surface area contributed by atoms with E-state index in [9.17, 15) is 4.79 Å². The molecule has 26 heavy (non-hydrogen) atoms. The van der Waals surface area contributed by atoms with Crippen molar-refractivity contribution in [2.24, 2.45) is 0 Å². The summed E-state index contributed by atoms with van der Waals surface area (Å²) < 4.78 is 5.39. The van der Waals surface area contributed by atoms with Crippen molar-refractivity contribution in [1.29, 1.82) is 0 Å². The predicted molar refractivity (Wildman–Crippen MR) is 100 cm³/mol. The Hall–Kier alpha value is -1.89. The van der Waals surface area contributed by atoms with E-state index in [1.807, 2.05) is 36.1 Å². The molecule has 1 amide bonds. The number of carbonyl (C=O) groups is 1. The number of imidazole rings is 1. The van der Waals surface area contributed by atoms with Gasteiger partial charge in [-0.25, -0.2) is 4.98 Å². The molecule has 1 atom stereocenters. The molecule has 1 unspecified atom stereocenters. The van der Waals surface area contributed by atoms with Crippen LogP contribution in [0, 0.1) is 0 Å². The van der Waals surface area contributed by atoms with Crippen LogP contribution in [0.1, 0.15) is 18.3 Å². The number of hydrogen-bond acceptors (Lipinski definition) is 4. The van der Waals surface area contributed by atoms with Gasteiger partial charge in [0.15, 0.2) is 0 Å². The molecule has 1 aromatic heterocycles. The summed E-state index contributed by atoms with van der Waals surface area (Å²) in [5.41, 5.74) is 3.09. The number of benzene rings is 1. The van der Waals surface area contributed by atoms with Crippen LogP contribution in [0.4, 0.5) is 0 Å². The van der Waals surface area contributed by atoms with Crippen molar-refractivity contribution < 1.29 is 9.53 Å². The van der Waals surface area contributed by atoms with Crippen molar-refractivity contribution in [3.8, 4) is 11.4 Å². The Morgan fingerprint density at radius 1 is 1.23 bits per heavy atom. The van der Waals surface area contributed by atoms with Gasteiger partial charge in [-0.15, -0.1) is 0 Å². The summed E-state index contributed by atoms with van der Waals surface area (Å²) in [6, 6.07) is 7.52. The van der Waals surface area contributed by atoms with Gasteiger partial charge in [0.2, 0.25) is 5.91 Å². The van der Waals surface area contributed by atoms with E-state index in [0.29, 0.717) is 31.3 Å². The van der Waals surface area contributed by atoms with Gasteiger partial charge in [-0.1, -0.05) is 11.6 Å². The van der Waals surface area contributed by atoms with Gasteiger partial charge in [0.25, 0.3) is 0 Å². The minimum atomic E-state index is -0.112. The Bertz CT molecular complexity index is 783. The Balaban J connectivity index is 1.47. The van der Waals surface area contributed by atoms with E-state index in [-0.39, 0.29) is 11.9 Å². The van der Waals surface area contributed by atoms with Gasteiger partial charge in [-0.3, -0.25) is 9.69 Å².